The third kappa shape index (κ3) is 3.06. The Morgan fingerprint density at radius 2 is 1.84 bits per heavy atom. The molecule has 1 aromatic carbocycles. The maximum Gasteiger partial charge on any atom is 0.247 e. The number of hydrogen-bond acceptors (Lipinski definition) is 5. The number of hydrogen-bond donors (Lipinski definition) is 0. The van der Waals surface area contributed by atoms with Crippen molar-refractivity contribution in [2.45, 2.75) is 49.4 Å². The molecule has 6 heteroatoms. The van der Waals surface area contributed by atoms with Gasteiger partial charge in [-0.3, -0.25) is 9.59 Å². The van der Waals surface area contributed by atoms with E-state index in [4.69, 9.17) is 0 Å². The molecule has 0 radical (unpaired) electrons. The molecule has 1 aromatic heterocycles. The maximum absolute atomic E-state index is 12.7. The van der Waals surface area contributed by atoms with Crippen LogP contribution in [0, 0.1) is 6.92 Å². The number of rotatable bonds is 3. The summed E-state index contributed by atoms with van der Waals surface area (Å²) in [6, 6.07) is 9.08. The molecular formula is C19H19N3O2S. The average molecular weight is 353 g/mol. The lowest BCUT2D eigenvalue weighted by atomic mass is 9.95. The first kappa shape index (κ1) is 16.3. The Kier molecular flexibility index (Phi) is 4.29. The van der Waals surface area contributed by atoms with Gasteiger partial charge in [0.2, 0.25) is 11.8 Å². The number of amides is 2. The summed E-state index contributed by atoms with van der Waals surface area (Å²) < 4.78 is 0. The number of thioether (sulfide) groups is 1. The predicted molar refractivity (Wildman–Crippen MR) is 96.6 cm³/mol. The number of aryl methyl sites for hydroxylation is 2. The van der Waals surface area contributed by atoms with Gasteiger partial charge < -0.3 is 0 Å². The Balaban J connectivity index is 1.57. The predicted octanol–water partition coefficient (Wildman–Crippen LogP) is 3.09. The van der Waals surface area contributed by atoms with Gasteiger partial charge in [0.1, 0.15) is 5.25 Å². The van der Waals surface area contributed by atoms with E-state index in [9.17, 15) is 9.59 Å². The number of aromatic nitrogens is 2. The minimum Gasteiger partial charge on any atom is -0.274 e. The number of fused-ring (bicyclic) bond motifs is 1. The van der Waals surface area contributed by atoms with Crippen LogP contribution in [-0.2, 0) is 22.4 Å². The highest BCUT2D eigenvalue weighted by molar-refractivity contribution is 8.00. The number of carbonyl (C=O) groups excluding carboxylic acids is 2. The maximum atomic E-state index is 12.7. The molecule has 0 bridgehead atoms. The van der Waals surface area contributed by atoms with Crippen molar-refractivity contribution in [3.8, 4) is 0 Å². The van der Waals surface area contributed by atoms with Gasteiger partial charge in [0.05, 0.1) is 5.69 Å². The molecule has 4 rings (SSSR count). The van der Waals surface area contributed by atoms with Crippen molar-refractivity contribution in [1.29, 1.82) is 0 Å². The first-order chi connectivity index (χ1) is 12.1. The van der Waals surface area contributed by atoms with E-state index in [-0.39, 0.29) is 18.2 Å². The monoisotopic (exact) mass is 353 g/mol. The number of nitrogens with zero attached hydrogens (tertiary/aromatic N) is 3. The van der Waals surface area contributed by atoms with Crippen LogP contribution < -0.4 is 4.90 Å². The van der Waals surface area contributed by atoms with Crippen LogP contribution in [0.25, 0.3) is 0 Å². The van der Waals surface area contributed by atoms with Crippen LogP contribution in [0.4, 0.5) is 5.69 Å². The molecular weight excluding hydrogens is 334 g/mol. The van der Waals surface area contributed by atoms with Crippen molar-refractivity contribution in [1.82, 2.24) is 9.97 Å². The molecule has 0 saturated carbocycles. The highest BCUT2D eigenvalue weighted by Crippen LogP contribution is 2.33. The molecule has 0 unspecified atom stereocenters. The first-order valence-corrected chi connectivity index (χ1v) is 9.46. The SMILES string of the molecule is Cc1nc(S[C@@H]2CC(=O)N(c3ccccc3)C2=O)nc2c1CCCC2. The average Bonchev–Trinajstić information content (AvgIpc) is 2.89. The summed E-state index contributed by atoms with van der Waals surface area (Å²) in [4.78, 5) is 35.6. The summed E-state index contributed by atoms with van der Waals surface area (Å²) in [5.74, 6) is -0.344. The summed E-state index contributed by atoms with van der Waals surface area (Å²) in [5.41, 5.74) is 4.00. The van der Waals surface area contributed by atoms with E-state index in [1.165, 1.54) is 28.6 Å². The molecule has 0 spiro atoms. The van der Waals surface area contributed by atoms with Gasteiger partial charge in [-0.15, -0.1) is 0 Å². The molecule has 2 heterocycles. The van der Waals surface area contributed by atoms with Crippen molar-refractivity contribution in [3.63, 3.8) is 0 Å². The molecule has 2 aromatic rings. The second-order valence-corrected chi connectivity index (χ2v) is 7.61. The lowest BCUT2D eigenvalue weighted by Crippen LogP contribution is -2.31. The van der Waals surface area contributed by atoms with Gasteiger partial charge in [0.25, 0.3) is 0 Å². The smallest absolute Gasteiger partial charge is 0.247 e. The largest absolute Gasteiger partial charge is 0.274 e. The molecule has 1 atom stereocenters. The fraction of sp³-hybridized carbons (Fsp3) is 0.368. The van der Waals surface area contributed by atoms with Crippen LogP contribution >= 0.6 is 11.8 Å². The standard InChI is InChI=1S/C19H19N3O2S/c1-12-14-9-5-6-10-15(14)21-19(20-12)25-16-11-17(23)22(18(16)24)13-7-3-2-4-8-13/h2-4,7-8,16H,5-6,9-11H2,1H3/t16-/m1/s1. The lowest BCUT2D eigenvalue weighted by Gasteiger charge is -2.18. The normalized spacial score (nSPS) is 20.0. The third-order valence-corrected chi connectivity index (χ3v) is 5.78. The Hall–Kier alpha value is -2.21. The van der Waals surface area contributed by atoms with Gasteiger partial charge in [-0.1, -0.05) is 30.0 Å². The quantitative estimate of drug-likeness (QED) is 0.627. The Morgan fingerprint density at radius 3 is 2.64 bits per heavy atom. The van der Waals surface area contributed by atoms with Crippen LogP contribution in [0.15, 0.2) is 35.5 Å². The number of para-hydroxylation sites is 1. The molecule has 2 amide bonds. The van der Waals surface area contributed by atoms with Crippen LogP contribution in [0.3, 0.4) is 0 Å². The van der Waals surface area contributed by atoms with E-state index in [2.05, 4.69) is 9.97 Å². The van der Waals surface area contributed by atoms with Crippen LogP contribution in [0.5, 0.6) is 0 Å². The Morgan fingerprint density at radius 1 is 1.08 bits per heavy atom. The van der Waals surface area contributed by atoms with Crippen LogP contribution in [0.1, 0.15) is 36.2 Å². The molecule has 1 saturated heterocycles. The molecule has 0 N–H and O–H groups in total. The van der Waals surface area contributed by atoms with Gasteiger partial charge in [-0.2, -0.15) is 0 Å². The summed E-state index contributed by atoms with van der Waals surface area (Å²) >= 11 is 1.31. The minimum atomic E-state index is -0.450. The van der Waals surface area contributed by atoms with Crippen LogP contribution in [-0.4, -0.2) is 27.0 Å². The zero-order chi connectivity index (χ0) is 17.4. The summed E-state index contributed by atoms with van der Waals surface area (Å²) in [6.45, 7) is 2.01. The zero-order valence-corrected chi connectivity index (χ0v) is 14.9. The topological polar surface area (TPSA) is 63.2 Å². The zero-order valence-electron chi connectivity index (χ0n) is 14.1. The number of imide groups is 1. The molecule has 128 valence electrons. The Bertz CT molecular complexity index is 838. The molecule has 5 nitrogen and oxygen atoms in total. The van der Waals surface area contributed by atoms with Crippen molar-refractivity contribution >= 4 is 29.3 Å². The van der Waals surface area contributed by atoms with E-state index >= 15 is 0 Å². The highest BCUT2D eigenvalue weighted by Gasteiger charge is 2.40. The fourth-order valence-electron chi connectivity index (χ4n) is 3.48. The van der Waals surface area contributed by atoms with Crippen molar-refractivity contribution < 1.29 is 9.59 Å². The van der Waals surface area contributed by atoms with Gasteiger partial charge in [-0.25, -0.2) is 14.9 Å². The van der Waals surface area contributed by atoms with E-state index in [0.29, 0.717) is 10.8 Å². The van der Waals surface area contributed by atoms with E-state index in [1.54, 1.807) is 12.1 Å². The van der Waals surface area contributed by atoms with E-state index in [0.717, 1.165) is 30.7 Å². The lowest BCUT2D eigenvalue weighted by molar-refractivity contribution is -0.121. The summed E-state index contributed by atoms with van der Waals surface area (Å²) in [6.07, 6.45) is 4.54. The van der Waals surface area contributed by atoms with Crippen molar-refractivity contribution in [3.05, 3.63) is 47.3 Å². The molecule has 1 aliphatic carbocycles. The van der Waals surface area contributed by atoms with Gasteiger partial charge >= 0.3 is 0 Å². The van der Waals surface area contributed by atoms with Crippen molar-refractivity contribution in [2.24, 2.45) is 0 Å². The van der Waals surface area contributed by atoms with Crippen molar-refractivity contribution in [2.75, 3.05) is 4.90 Å². The number of carbonyl (C=O) groups is 2. The summed E-state index contributed by atoms with van der Waals surface area (Å²) in [7, 11) is 0. The highest BCUT2D eigenvalue weighted by atomic mass is 32.2. The van der Waals surface area contributed by atoms with E-state index < -0.39 is 5.25 Å². The molecule has 2 aliphatic rings. The second kappa shape index (κ2) is 6.59. The number of benzene rings is 1. The van der Waals surface area contributed by atoms with Crippen LogP contribution in [0.2, 0.25) is 0 Å². The van der Waals surface area contributed by atoms with Gasteiger partial charge in [0, 0.05) is 17.8 Å². The van der Waals surface area contributed by atoms with E-state index in [1.807, 2.05) is 25.1 Å². The van der Waals surface area contributed by atoms with Gasteiger partial charge in [-0.05, 0) is 50.3 Å². The van der Waals surface area contributed by atoms with Gasteiger partial charge in [0.15, 0.2) is 5.16 Å². The molecule has 25 heavy (non-hydrogen) atoms. The minimum absolute atomic E-state index is 0.164. The molecule has 1 fully saturated rings. The molecule has 1 aliphatic heterocycles. The Labute approximate surface area is 150 Å². The number of anilines is 1. The fourth-order valence-corrected chi connectivity index (χ4v) is 4.52. The third-order valence-electron chi connectivity index (χ3n) is 4.74. The second-order valence-electron chi connectivity index (χ2n) is 6.44. The first-order valence-electron chi connectivity index (χ1n) is 8.58. The summed E-state index contributed by atoms with van der Waals surface area (Å²) in [5, 5.41) is 0.160.